The average Bonchev–Trinajstić information content (AvgIpc) is 2.67. The maximum absolute atomic E-state index is 12.6. The zero-order valence-electron chi connectivity index (χ0n) is 15.9. The molecule has 0 heterocycles. The van der Waals surface area contributed by atoms with E-state index >= 15 is 0 Å². The van der Waals surface area contributed by atoms with Crippen molar-refractivity contribution in [2.45, 2.75) is 33.1 Å². The summed E-state index contributed by atoms with van der Waals surface area (Å²) in [4.78, 5) is 23.2. The second kappa shape index (κ2) is 10.4. The van der Waals surface area contributed by atoms with Crippen LogP contribution in [0.15, 0.2) is 42.5 Å². The molecule has 0 atom stereocenters. The topological polar surface area (TPSA) is 93.5 Å². The van der Waals surface area contributed by atoms with Gasteiger partial charge in [0.1, 0.15) is 5.75 Å². The third kappa shape index (κ3) is 5.75. The number of carbonyl (C=O) groups is 1. The quantitative estimate of drug-likeness (QED) is 0.291. The number of carbonyl (C=O) groups excluding carboxylic acids is 1. The smallest absolute Gasteiger partial charge is 0.274 e. The van der Waals surface area contributed by atoms with Gasteiger partial charge in [0, 0.05) is 6.07 Å². The van der Waals surface area contributed by atoms with E-state index < -0.39 is 10.8 Å². The van der Waals surface area contributed by atoms with Gasteiger partial charge in [-0.1, -0.05) is 38.0 Å². The second-order valence-electron chi connectivity index (χ2n) is 6.17. The second-order valence-corrected chi connectivity index (χ2v) is 6.58. The van der Waals surface area contributed by atoms with Crippen LogP contribution in [0.4, 0.5) is 11.4 Å². The zero-order valence-corrected chi connectivity index (χ0v) is 16.7. The number of unbranched alkanes of at least 4 members (excludes halogenated alkanes) is 2. The number of nitrogens with one attached hydrogen (secondary N) is 2. The first kappa shape index (κ1) is 21.3. The van der Waals surface area contributed by atoms with Gasteiger partial charge >= 0.3 is 0 Å². The summed E-state index contributed by atoms with van der Waals surface area (Å²) in [5.74, 6) is 0.0807. The third-order valence-corrected chi connectivity index (χ3v) is 4.32. The molecule has 0 saturated carbocycles. The average molecular weight is 401 g/mol. The van der Waals surface area contributed by atoms with Crippen LogP contribution in [-0.4, -0.2) is 22.5 Å². The van der Waals surface area contributed by atoms with Crippen molar-refractivity contribution in [1.82, 2.24) is 5.32 Å². The van der Waals surface area contributed by atoms with Crippen molar-refractivity contribution in [3.05, 3.63) is 63.7 Å². The third-order valence-electron chi connectivity index (χ3n) is 4.11. The van der Waals surface area contributed by atoms with Crippen LogP contribution in [0.25, 0.3) is 0 Å². The molecular formula is C20H23N3O4S. The van der Waals surface area contributed by atoms with E-state index in [2.05, 4.69) is 17.6 Å². The van der Waals surface area contributed by atoms with Crippen LogP contribution in [0, 0.1) is 17.0 Å². The van der Waals surface area contributed by atoms with Crippen molar-refractivity contribution in [1.29, 1.82) is 0 Å². The monoisotopic (exact) mass is 401 g/mol. The van der Waals surface area contributed by atoms with E-state index in [0.717, 1.165) is 19.3 Å². The molecule has 0 spiro atoms. The summed E-state index contributed by atoms with van der Waals surface area (Å²) < 4.78 is 5.72. The fourth-order valence-corrected chi connectivity index (χ4v) is 2.80. The van der Waals surface area contributed by atoms with Gasteiger partial charge in [-0.05, 0) is 43.8 Å². The summed E-state index contributed by atoms with van der Waals surface area (Å²) in [6.07, 6.45) is 3.06. The van der Waals surface area contributed by atoms with Crippen LogP contribution < -0.4 is 15.4 Å². The molecule has 7 nitrogen and oxygen atoms in total. The molecule has 0 aliphatic carbocycles. The van der Waals surface area contributed by atoms with Crippen molar-refractivity contribution < 1.29 is 14.5 Å². The van der Waals surface area contributed by atoms with Gasteiger partial charge in [-0.3, -0.25) is 20.2 Å². The standard InChI is InChI=1S/C20H23N3O4S/c1-3-4-7-13-27-18-12-6-5-9-15(18)19(24)22-20(28)21-16-10-8-11-17(14(16)2)23(25)26/h5-6,8-12H,3-4,7,13H2,1-2H3,(H2,21,22,24,28). The number of benzene rings is 2. The molecular weight excluding hydrogens is 378 g/mol. The number of amides is 1. The Kier molecular flexibility index (Phi) is 7.88. The van der Waals surface area contributed by atoms with Gasteiger partial charge in [0.2, 0.25) is 0 Å². The number of hydrogen-bond acceptors (Lipinski definition) is 5. The Morgan fingerprint density at radius 3 is 2.64 bits per heavy atom. The van der Waals surface area contributed by atoms with Crippen LogP contribution in [0.2, 0.25) is 0 Å². The minimum atomic E-state index is -0.464. The highest BCUT2D eigenvalue weighted by molar-refractivity contribution is 7.80. The number of nitro benzene ring substituents is 1. The normalized spacial score (nSPS) is 10.2. The van der Waals surface area contributed by atoms with Crippen LogP contribution in [0.3, 0.4) is 0 Å². The lowest BCUT2D eigenvalue weighted by atomic mass is 10.1. The molecule has 2 aromatic rings. The molecule has 1 amide bonds. The maximum Gasteiger partial charge on any atom is 0.274 e. The Balaban J connectivity index is 2.04. The SMILES string of the molecule is CCCCCOc1ccccc1C(=O)NC(=S)Nc1cccc([N+](=O)[O-])c1C. The first-order valence-corrected chi connectivity index (χ1v) is 9.43. The summed E-state index contributed by atoms with van der Waals surface area (Å²) in [5.41, 5.74) is 1.25. The van der Waals surface area contributed by atoms with Gasteiger partial charge in [-0.15, -0.1) is 0 Å². The molecule has 0 bridgehead atoms. The van der Waals surface area contributed by atoms with Crippen molar-refractivity contribution in [2.75, 3.05) is 11.9 Å². The minimum absolute atomic E-state index is 0.0232. The summed E-state index contributed by atoms with van der Waals surface area (Å²) >= 11 is 5.19. The summed E-state index contributed by atoms with van der Waals surface area (Å²) in [6, 6.07) is 11.6. The Hall–Kier alpha value is -3.00. The van der Waals surface area contributed by atoms with Gasteiger partial charge in [0.05, 0.1) is 28.3 Å². The van der Waals surface area contributed by atoms with E-state index in [9.17, 15) is 14.9 Å². The van der Waals surface area contributed by atoms with Crippen LogP contribution in [0.1, 0.15) is 42.1 Å². The lowest BCUT2D eigenvalue weighted by Gasteiger charge is -2.14. The fourth-order valence-electron chi connectivity index (χ4n) is 2.59. The van der Waals surface area contributed by atoms with E-state index in [4.69, 9.17) is 17.0 Å². The Bertz CT molecular complexity index is 870. The van der Waals surface area contributed by atoms with Crippen molar-refractivity contribution in [3.63, 3.8) is 0 Å². The molecule has 0 radical (unpaired) electrons. The largest absolute Gasteiger partial charge is 0.493 e. The fraction of sp³-hybridized carbons (Fsp3) is 0.300. The number of hydrogen-bond donors (Lipinski definition) is 2. The molecule has 0 saturated heterocycles. The maximum atomic E-state index is 12.6. The van der Waals surface area contributed by atoms with Crippen molar-refractivity contribution in [2.24, 2.45) is 0 Å². The first-order chi connectivity index (χ1) is 13.4. The Morgan fingerprint density at radius 2 is 1.93 bits per heavy atom. The molecule has 8 heteroatoms. The van der Waals surface area contributed by atoms with Gasteiger partial charge < -0.3 is 10.1 Å². The zero-order chi connectivity index (χ0) is 20.5. The number of ether oxygens (including phenoxy) is 1. The number of nitrogens with zero attached hydrogens (tertiary/aromatic N) is 1. The highest BCUT2D eigenvalue weighted by Crippen LogP contribution is 2.25. The van der Waals surface area contributed by atoms with E-state index in [0.29, 0.717) is 29.2 Å². The summed E-state index contributed by atoms with van der Waals surface area (Å²) in [6.45, 7) is 4.26. The summed E-state index contributed by atoms with van der Waals surface area (Å²) in [7, 11) is 0. The van der Waals surface area contributed by atoms with E-state index in [1.807, 2.05) is 0 Å². The number of rotatable bonds is 8. The Morgan fingerprint density at radius 1 is 1.18 bits per heavy atom. The molecule has 2 aromatic carbocycles. The van der Waals surface area contributed by atoms with E-state index in [-0.39, 0.29) is 10.8 Å². The van der Waals surface area contributed by atoms with Crippen LogP contribution in [-0.2, 0) is 0 Å². The lowest BCUT2D eigenvalue weighted by molar-refractivity contribution is -0.385. The molecule has 0 fully saturated rings. The highest BCUT2D eigenvalue weighted by Gasteiger charge is 2.16. The summed E-state index contributed by atoms with van der Waals surface area (Å²) in [5, 5.41) is 16.5. The molecule has 0 aromatic heterocycles. The van der Waals surface area contributed by atoms with Gasteiger partial charge in [0.25, 0.3) is 11.6 Å². The number of anilines is 1. The molecule has 2 N–H and O–H groups in total. The highest BCUT2D eigenvalue weighted by atomic mass is 32.1. The number of thiocarbonyl (C=S) groups is 1. The van der Waals surface area contributed by atoms with E-state index in [1.54, 1.807) is 43.3 Å². The molecule has 28 heavy (non-hydrogen) atoms. The van der Waals surface area contributed by atoms with Crippen molar-refractivity contribution in [3.8, 4) is 5.75 Å². The van der Waals surface area contributed by atoms with Gasteiger partial charge in [0.15, 0.2) is 5.11 Å². The van der Waals surface area contributed by atoms with Crippen LogP contribution in [0.5, 0.6) is 5.75 Å². The molecule has 2 rings (SSSR count). The van der Waals surface area contributed by atoms with Gasteiger partial charge in [-0.25, -0.2) is 0 Å². The van der Waals surface area contributed by atoms with Crippen molar-refractivity contribution >= 4 is 34.6 Å². The van der Waals surface area contributed by atoms with Gasteiger partial charge in [-0.2, -0.15) is 0 Å². The number of para-hydroxylation sites is 1. The number of nitro groups is 1. The predicted octanol–water partition coefficient (Wildman–Crippen LogP) is 4.60. The Labute approximate surface area is 169 Å². The molecule has 0 aliphatic heterocycles. The lowest BCUT2D eigenvalue weighted by Crippen LogP contribution is -2.34. The first-order valence-electron chi connectivity index (χ1n) is 9.02. The molecule has 148 valence electrons. The van der Waals surface area contributed by atoms with E-state index in [1.165, 1.54) is 6.07 Å². The molecule has 0 unspecified atom stereocenters. The van der Waals surface area contributed by atoms with Crippen LogP contribution >= 0.6 is 12.2 Å². The molecule has 0 aliphatic rings. The minimum Gasteiger partial charge on any atom is -0.493 e. The predicted molar refractivity (Wildman–Crippen MR) is 113 cm³/mol.